The zero-order valence-corrected chi connectivity index (χ0v) is 20.4. The maximum Gasteiger partial charge on any atom is 0.413 e. The minimum Gasteiger partial charge on any atom is -0.405 e. The number of fused-ring (bicyclic) bond motifs is 1. The summed E-state index contributed by atoms with van der Waals surface area (Å²) >= 11 is 0. The summed E-state index contributed by atoms with van der Waals surface area (Å²) in [5.74, 6) is -0.286. The molecule has 13 heteroatoms. The van der Waals surface area contributed by atoms with E-state index >= 15 is 0 Å². The topological polar surface area (TPSA) is 109 Å². The number of nitrogens with zero attached hydrogens (tertiary/aromatic N) is 5. The van der Waals surface area contributed by atoms with Gasteiger partial charge in [-0.3, -0.25) is 0 Å². The molecule has 36 heavy (non-hydrogen) atoms. The molecule has 1 amide bonds. The van der Waals surface area contributed by atoms with Crippen molar-refractivity contribution in [1.82, 2.24) is 24.2 Å². The summed E-state index contributed by atoms with van der Waals surface area (Å²) in [5, 5.41) is 6.94. The van der Waals surface area contributed by atoms with Crippen LogP contribution in [0.2, 0.25) is 0 Å². The van der Waals surface area contributed by atoms with E-state index in [0.717, 1.165) is 18.6 Å². The van der Waals surface area contributed by atoms with Crippen molar-refractivity contribution in [2.75, 3.05) is 30.8 Å². The molecule has 1 atom stereocenters. The van der Waals surface area contributed by atoms with Gasteiger partial charge in [-0.1, -0.05) is 0 Å². The molecule has 3 aromatic rings. The van der Waals surface area contributed by atoms with E-state index in [1.165, 1.54) is 27.3 Å². The molecule has 0 radical (unpaired) electrons. The summed E-state index contributed by atoms with van der Waals surface area (Å²) in [5.41, 5.74) is 0.584. The van der Waals surface area contributed by atoms with Crippen LogP contribution in [0.5, 0.6) is 5.75 Å². The summed E-state index contributed by atoms with van der Waals surface area (Å²) in [7, 11) is -3.25. The number of hydrogen-bond acceptors (Lipinski definition) is 7. The highest BCUT2D eigenvalue weighted by molar-refractivity contribution is 7.88. The molecule has 0 bridgehead atoms. The first kappa shape index (κ1) is 24.4. The average molecular weight is 521 g/mol. The van der Waals surface area contributed by atoms with Crippen LogP contribution in [0.3, 0.4) is 0 Å². The molecule has 0 spiro atoms. The van der Waals surface area contributed by atoms with Crippen LogP contribution in [0.25, 0.3) is 5.65 Å². The van der Waals surface area contributed by atoms with Crippen molar-refractivity contribution in [2.45, 2.75) is 37.8 Å². The fraction of sp³-hybridized carbons (Fsp3) is 0.435. The molecule has 2 saturated heterocycles. The predicted molar refractivity (Wildman–Crippen MR) is 127 cm³/mol. The predicted octanol–water partition coefficient (Wildman–Crippen LogP) is 2.86. The van der Waals surface area contributed by atoms with E-state index in [0.29, 0.717) is 50.4 Å². The van der Waals surface area contributed by atoms with Gasteiger partial charge < -0.3 is 15.0 Å². The standard InChI is InChI=1S/C23H26F2N6O4S/c1-36(33,34)29-10-6-16(7-11-29)27-23(32)35-20-14-26-31-12-8-21(28-22(20)31)30-9-2-3-19(30)17-13-15(24)4-5-18(17)25/h4-5,8,12-14,16,19H,2-3,6-7,9-11H2,1H3,(H,27,32)/t19-/m1/s1. The first-order valence-electron chi connectivity index (χ1n) is 11.7. The first-order chi connectivity index (χ1) is 17.2. The third-order valence-electron chi connectivity index (χ3n) is 6.63. The highest BCUT2D eigenvalue weighted by atomic mass is 32.2. The second-order valence-electron chi connectivity index (χ2n) is 9.05. The zero-order chi connectivity index (χ0) is 25.4. The van der Waals surface area contributed by atoms with Gasteiger partial charge in [0.1, 0.15) is 17.5 Å². The number of anilines is 1. The lowest BCUT2D eigenvalue weighted by molar-refractivity contribution is 0.189. The molecule has 2 aromatic heterocycles. The van der Waals surface area contributed by atoms with E-state index in [4.69, 9.17) is 4.74 Å². The molecular weight excluding hydrogens is 494 g/mol. The van der Waals surface area contributed by atoms with Gasteiger partial charge in [0.25, 0.3) is 0 Å². The van der Waals surface area contributed by atoms with Crippen molar-refractivity contribution in [3.05, 3.63) is 53.9 Å². The Morgan fingerprint density at radius 2 is 1.92 bits per heavy atom. The minimum absolute atomic E-state index is 0.149. The number of carbonyl (C=O) groups is 1. The number of sulfonamides is 1. The van der Waals surface area contributed by atoms with Crippen LogP contribution in [0.1, 0.15) is 37.3 Å². The number of halogens is 2. The summed E-state index contributed by atoms with van der Waals surface area (Å²) in [6.45, 7) is 1.27. The van der Waals surface area contributed by atoms with Gasteiger partial charge in [-0.25, -0.2) is 35.8 Å². The van der Waals surface area contributed by atoms with Crippen molar-refractivity contribution >= 4 is 27.6 Å². The second-order valence-corrected chi connectivity index (χ2v) is 11.0. The number of hydrogen-bond donors (Lipinski definition) is 1. The van der Waals surface area contributed by atoms with Gasteiger partial charge in [0.15, 0.2) is 5.75 Å². The summed E-state index contributed by atoms with van der Waals surface area (Å²) in [4.78, 5) is 19.1. The molecule has 5 rings (SSSR count). The molecule has 2 aliphatic heterocycles. The fourth-order valence-electron chi connectivity index (χ4n) is 4.83. The van der Waals surface area contributed by atoms with E-state index in [-0.39, 0.29) is 23.4 Å². The van der Waals surface area contributed by atoms with Crippen molar-refractivity contribution in [2.24, 2.45) is 0 Å². The highest BCUT2D eigenvalue weighted by Crippen LogP contribution is 2.37. The lowest BCUT2D eigenvalue weighted by atomic mass is 10.0. The Hall–Kier alpha value is -3.32. The minimum atomic E-state index is -3.25. The number of ether oxygens (including phenoxy) is 1. The van der Waals surface area contributed by atoms with E-state index < -0.39 is 27.8 Å². The average Bonchev–Trinajstić information content (AvgIpc) is 3.47. The Morgan fingerprint density at radius 3 is 2.67 bits per heavy atom. The monoisotopic (exact) mass is 520 g/mol. The maximum absolute atomic E-state index is 14.5. The third kappa shape index (κ3) is 4.98. The Balaban J connectivity index is 1.30. The number of aromatic nitrogens is 3. The van der Waals surface area contributed by atoms with E-state index in [2.05, 4.69) is 15.4 Å². The van der Waals surface area contributed by atoms with Gasteiger partial charge in [0, 0.05) is 37.4 Å². The van der Waals surface area contributed by atoms with Gasteiger partial charge >= 0.3 is 6.09 Å². The first-order valence-corrected chi connectivity index (χ1v) is 13.5. The number of rotatable bonds is 5. The molecule has 0 saturated carbocycles. The Kier molecular flexibility index (Phi) is 6.51. The molecular formula is C23H26F2N6O4S. The van der Waals surface area contributed by atoms with Crippen LogP contribution in [0.15, 0.2) is 36.7 Å². The van der Waals surface area contributed by atoms with Crippen molar-refractivity contribution < 1.29 is 26.7 Å². The normalized spacial score (nSPS) is 19.6. The number of carbonyl (C=O) groups excluding carboxylic acids is 1. The van der Waals surface area contributed by atoms with Crippen LogP contribution >= 0.6 is 0 Å². The van der Waals surface area contributed by atoms with Crippen LogP contribution in [-0.4, -0.2) is 65.3 Å². The quantitative estimate of drug-likeness (QED) is 0.551. The number of piperidine rings is 1. The van der Waals surface area contributed by atoms with Crippen LogP contribution < -0.4 is 15.0 Å². The molecule has 0 unspecified atom stereocenters. The van der Waals surface area contributed by atoms with Gasteiger partial charge in [0.05, 0.1) is 18.5 Å². The van der Waals surface area contributed by atoms with Crippen LogP contribution in [0.4, 0.5) is 19.4 Å². The van der Waals surface area contributed by atoms with Crippen molar-refractivity contribution in [1.29, 1.82) is 0 Å². The maximum atomic E-state index is 14.5. The Labute approximate surface area is 206 Å². The SMILES string of the molecule is CS(=O)(=O)N1CCC(NC(=O)Oc2cnn3ccc(N4CCC[C@@H]4c4cc(F)ccc4F)nc23)CC1. The fourth-order valence-corrected chi connectivity index (χ4v) is 5.71. The second kappa shape index (κ2) is 9.62. The van der Waals surface area contributed by atoms with Crippen molar-refractivity contribution in [3.8, 4) is 5.75 Å². The molecule has 2 fully saturated rings. The van der Waals surface area contributed by atoms with Gasteiger partial charge in [0.2, 0.25) is 15.7 Å². The van der Waals surface area contributed by atoms with E-state index in [1.54, 1.807) is 12.3 Å². The van der Waals surface area contributed by atoms with E-state index in [1.807, 2.05) is 4.90 Å². The van der Waals surface area contributed by atoms with E-state index in [9.17, 15) is 22.0 Å². The van der Waals surface area contributed by atoms with Crippen LogP contribution in [-0.2, 0) is 10.0 Å². The Morgan fingerprint density at radius 1 is 1.14 bits per heavy atom. The smallest absolute Gasteiger partial charge is 0.405 e. The number of amides is 1. The number of nitrogens with one attached hydrogen (secondary N) is 1. The lowest BCUT2D eigenvalue weighted by Gasteiger charge is -2.30. The van der Waals surface area contributed by atoms with Gasteiger partial charge in [-0.05, 0) is 49.9 Å². The molecule has 1 N–H and O–H groups in total. The summed E-state index contributed by atoms with van der Waals surface area (Å²) < 4.78 is 59.9. The number of benzene rings is 1. The molecule has 1 aromatic carbocycles. The van der Waals surface area contributed by atoms with Crippen LogP contribution in [0, 0.1) is 11.6 Å². The largest absolute Gasteiger partial charge is 0.413 e. The summed E-state index contributed by atoms with van der Waals surface area (Å²) in [6.07, 6.45) is 5.93. The highest BCUT2D eigenvalue weighted by Gasteiger charge is 2.30. The van der Waals surface area contributed by atoms with Crippen molar-refractivity contribution in [3.63, 3.8) is 0 Å². The molecule has 10 nitrogen and oxygen atoms in total. The Bertz CT molecular complexity index is 1390. The molecule has 2 aliphatic rings. The molecule has 0 aliphatic carbocycles. The lowest BCUT2D eigenvalue weighted by Crippen LogP contribution is -2.46. The van der Waals surface area contributed by atoms with Gasteiger partial charge in [-0.15, -0.1) is 0 Å². The third-order valence-corrected chi connectivity index (χ3v) is 7.94. The molecule has 192 valence electrons. The zero-order valence-electron chi connectivity index (χ0n) is 19.6. The van der Waals surface area contributed by atoms with Gasteiger partial charge in [-0.2, -0.15) is 5.10 Å². The molecule has 4 heterocycles. The summed E-state index contributed by atoms with van der Waals surface area (Å²) in [6, 6.07) is 4.59.